The molecule has 0 saturated carbocycles. The van der Waals surface area contributed by atoms with Crippen LogP contribution in [0.5, 0.6) is 0 Å². The molecule has 0 aliphatic carbocycles. The fourth-order valence-electron chi connectivity index (χ4n) is 2.54. The molecule has 0 radical (unpaired) electrons. The zero-order valence-corrected chi connectivity index (χ0v) is 12.7. The van der Waals surface area contributed by atoms with Crippen molar-refractivity contribution < 1.29 is 18.7 Å². The van der Waals surface area contributed by atoms with Gasteiger partial charge in [-0.1, -0.05) is 12.1 Å². The van der Waals surface area contributed by atoms with Crippen molar-refractivity contribution in [3.05, 3.63) is 35.6 Å². The summed E-state index contributed by atoms with van der Waals surface area (Å²) in [4.78, 5) is 25.8. The van der Waals surface area contributed by atoms with Crippen LogP contribution in [0.2, 0.25) is 0 Å². The third-order valence-electron chi connectivity index (χ3n) is 3.72. The number of likely N-dealkylation sites (tertiary alicyclic amines) is 1. The predicted octanol–water partition coefficient (Wildman–Crippen LogP) is 1.47. The summed E-state index contributed by atoms with van der Waals surface area (Å²) in [6.07, 6.45) is 1.63. The number of rotatable bonds is 7. The summed E-state index contributed by atoms with van der Waals surface area (Å²) in [7, 11) is 1.61. The highest BCUT2D eigenvalue weighted by molar-refractivity contribution is 5.90. The van der Waals surface area contributed by atoms with Gasteiger partial charge in [-0.2, -0.15) is 0 Å². The van der Waals surface area contributed by atoms with Gasteiger partial charge in [0.15, 0.2) is 0 Å². The number of nitrogens with one attached hydrogen (secondary N) is 1. The summed E-state index contributed by atoms with van der Waals surface area (Å²) in [5, 5.41) is 2.83. The average molecular weight is 308 g/mol. The van der Waals surface area contributed by atoms with Crippen LogP contribution in [-0.2, 0) is 20.9 Å². The number of methoxy groups -OCH3 is 1. The molecule has 1 aromatic rings. The highest BCUT2D eigenvalue weighted by Gasteiger charge is 2.35. The summed E-state index contributed by atoms with van der Waals surface area (Å²) in [5.74, 6) is -0.491. The first kappa shape index (κ1) is 16.4. The number of halogens is 1. The molecule has 6 heteroatoms. The Morgan fingerprint density at radius 3 is 2.82 bits per heavy atom. The van der Waals surface area contributed by atoms with Crippen molar-refractivity contribution in [2.45, 2.75) is 31.8 Å². The van der Waals surface area contributed by atoms with Gasteiger partial charge >= 0.3 is 0 Å². The molecular formula is C16H21FN2O3. The maximum absolute atomic E-state index is 12.9. The van der Waals surface area contributed by atoms with Crippen LogP contribution in [-0.4, -0.2) is 43.0 Å². The van der Waals surface area contributed by atoms with Crippen molar-refractivity contribution in [3.63, 3.8) is 0 Å². The number of ether oxygens (including phenoxy) is 1. The number of nitrogens with zero attached hydrogens (tertiary/aromatic N) is 1. The molecule has 1 aliphatic heterocycles. The number of hydrogen-bond donors (Lipinski definition) is 1. The number of carbonyl (C=O) groups is 2. The first-order valence-electron chi connectivity index (χ1n) is 7.42. The van der Waals surface area contributed by atoms with Crippen molar-refractivity contribution in [1.82, 2.24) is 10.2 Å². The number of amides is 2. The molecule has 1 heterocycles. The van der Waals surface area contributed by atoms with Gasteiger partial charge in [-0.15, -0.1) is 0 Å². The van der Waals surface area contributed by atoms with Gasteiger partial charge in [-0.05, 0) is 30.5 Å². The van der Waals surface area contributed by atoms with Crippen LogP contribution in [0.3, 0.4) is 0 Å². The number of hydrogen-bond acceptors (Lipinski definition) is 3. The Bertz CT molecular complexity index is 519. The van der Waals surface area contributed by atoms with Gasteiger partial charge in [0.25, 0.3) is 0 Å². The number of benzene rings is 1. The largest absolute Gasteiger partial charge is 0.385 e. The molecule has 2 rings (SSSR count). The Hall–Kier alpha value is -1.95. The van der Waals surface area contributed by atoms with Gasteiger partial charge in [0.05, 0.1) is 0 Å². The summed E-state index contributed by atoms with van der Waals surface area (Å²) in [6.45, 7) is 1.44. The SMILES string of the molecule is COCCCNC(=O)[C@@H]1CCC(=O)N1Cc1ccc(F)cc1. The zero-order valence-electron chi connectivity index (χ0n) is 12.7. The Labute approximate surface area is 129 Å². The molecule has 0 spiro atoms. The fourth-order valence-corrected chi connectivity index (χ4v) is 2.54. The minimum atomic E-state index is -0.444. The molecule has 5 nitrogen and oxygen atoms in total. The molecule has 0 unspecified atom stereocenters. The highest BCUT2D eigenvalue weighted by atomic mass is 19.1. The Balaban J connectivity index is 1.93. The van der Waals surface area contributed by atoms with E-state index < -0.39 is 6.04 Å². The van der Waals surface area contributed by atoms with E-state index in [2.05, 4.69) is 5.32 Å². The van der Waals surface area contributed by atoms with Crippen LogP contribution in [0.15, 0.2) is 24.3 Å². The van der Waals surface area contributed by atoms with Crippen molar-refractivity contribution in [3.8, 4) is 0 Å². The van der Waals surface area contributed by atoms with Gasteiger partial charge < -0.3 is 15.0 Å². The van der Waals surface area contributed by atoms with Crippen LogP contribution < -0.4 is 5.32 Å². The summed E-state index contributed by atoms with van der Waals surface area (Å²) in [5.41, 5.74) is 0.814. The lowest BCUT2D eigenvalue weighted by atomic mass is 10.1. The highest BCUT2D eigenvalue weighted by Crippen LogP contribution is 2.21. The van der Waals surface area contributed by atoms with Gasteiger partial charge in [-0.3, -0.25) is 9.59 Å². The Kier molecular flexibility index (Phi) is 5.89. The van der Waals surface area contributed by atoms with E-state index in [1.807, 2.05) is 0 Å². The quantitative estimate of drug-likeness (QED) is 0.776. The minimum Gasteiger partial charge on any atom is -0.385 e. The molecule has 1 aliphatic rings. The smallest absolute Gasteiger partial charge is 0.242 e. The molecule has 1 N–H and O–H groups in total. The monoisotopic (exact) mass is 308 g/mol. The number of carbonyl (C=O) groups excluding carboxylic acids is 2. The van der Waals surface area contributed by atoms with E-state index >= 15 is 0 Å². The fraction of sp³-hybridized carbons (Fsp3) is 0.500. The second-order valence-electron chi connectivity index (χ2n) is 5.34. The summed E-state index contributed by atoms with van der Waals surface area (Å²) in [6, 6.07) is 5.54. The van der Waals surface area contributed by atoms with Crippen LogP contribution in [0.4, 0.5) is 4.39 Å². The second kappa shape index (κ2) is 7.89. The topological polar surface area (TPSA) is 58.6 Å². The third kappa shape index (κ3) is 4.27. The molecule has 1 aromatic carbocycles. The maximum Gasteiger partial charge on any atom is 0.242 e. The van der Waals surface area contributed by atoms with Gasteiger partial charge in [0, 0.05) is 33.2 Å². The van der Waals surface area contributed by atoms with Crippen LogP contribution in [0.1, 0.15) is 24.8 Å². The van der Waals surface area contributed by atoms with Gasteiger partial charge in [0.2, 0.25) is 11.8 Å². The van der Waals surface area contributed by atoms with E-state index in [0.717, 1.165) is 12.0 Å². The van der Waals surface area contributed by atoms with E-state index in [1.54, 1.807) is 24.1 Å². The molecule has 2 amide bonds. The molecule has 1 saturated heterocycles. The standard InChI is InChI=1S/C16H21FN2O3/c1-22-10-2-9-18-16(21)14-7-8-15(20)19(14)11-12-3-5-13(17)6-4-12/h3-6,14H,2,7-11H2,1H3,(H,18,21)/t14-/m0/s1. The lowest BCUT2D eigenvalue weighted by Gasteiger charge is -2.24. The lowest BCUT2D eigenvalue weighted by molar-refractivity contribution is -0.135. The normalized spacial score (nSPS) is 17.8. The molecule has 1 atom stereocenters. The van der Waals surface area contributed by atoms with Crippen molar-refractivity contribution in [2.24, 2.45) is 0 Å². The van der Waals surface area contributed by atoms with Crippen LogP contribution in [0.25, 0.3) is 0 Å². The Morgan fingerprint density at radius 2 is 2.14 bits per heavy atom. The summed E-state index contributed by atoms with van der Waals surface area (Å²) >= 11 is 0. The average Bonchev–Trinajstić information content (AvgIpc) is 2.87. The van der Waals surface area contributed by atoms with E-state index in [0.29, 0.717) is 32.5 Å². The predicted molar refractivity (Wildman–Crippen MR) is 79.5 cm³/mol. The van der Waals surface area contributed by atoms with Crippen LogP contribution in [0, 0.1) is 5.82 Å². The first-order valence-corrected chi connectivity index (χ1v) is 7.42. The van der Waals surface area contributed by atoms with E-state index in [1.165, 1.54) is 12.1 Å². The maximum atomic E-state index is 12.9. The molecular weight excluding hydrogens is 287 g/mol. The van der Waals surface area contributed by atoms with Gasteiger partial charge in [0.1, 0.15) is 11.9 Å². The molecule has 22 heavy (non-hydrogen) atoms. The molecule has 0 aromatic heterocycles. The van der Waals surface area contributed by atoms with Crippen molar-refractivity contribution in [2.75, 3.05) is 20.3 Å². The second-order valence-corrected chi connectivity index (χ2v) is 5.34. The molecule has 0 bridgehead atoms. The van der Waals surface area contributed by atoms with Crippen LogP contribution >= 0.6 is 0 Å². The molecule has 1 fully saturated rings. The first-order chi connectivity index (χ1) is 10.6. The van der Waals surface area contributed by atoms with Gasteiger partial charge in [-0.25, -0.2) is 4.39 Å². The third-order valence-corrected chi connectivity index (χ3v) is 3.72. The van der Waals surface area contributed by atoms with E-state index in [4.69, 9.17) is 4.74 Å². The molecule has 120 valence electrons. The van der Waals surface area contributed by atoms with E-state index in [9.17, 15) is 14.0 Å². The Morgan fingerprint density at radius 1 is 1.41 bits per heavy atom. The van der Waals surface area contributed by atoms with Crippen molar-refractivity contribution in [1.29, 1.82) is 0 Å². The lowest BCUT2D eigenvalue weighted by Crippen LogP contribution is -2.44. The van der Waals surface area contributed by atoms with E-state index in [-0.39, 0.29) is 17.6 Å². The minimum absolute atomic E-state index is 0.0404. The van der Waals surface area contributed by atoms with Crippen molar-refractivity contribution >= 4 is 11.8 Å². The zero-order chi connectivity index (χ0) is 15.9. The summed E-state index contributed by atoms with van der Waals surface area (Å²) < 4.78 is 17.9.